The standard InChI is InChI=1S/2C5H5.2C3H6.2ClH.Ti/c2*1-2-4-5-3-1;2*1-3-2;;;/h2*1-5H;2*1-2H3;2*1H;/q2*-1;;;;;. The summed E-state index contributed by atoms with van der Waals surface area (Å²) in [7, 11) is 0. The molecule has 0 fully saturated rings. The molecule has 3 heteroatoms. The van der Waals surface area contributed by atoms with E-state index in [0.29, 0.717) is 0 Å². The first kappa shape index (κ1) is 23.8. The average Bonchev–Trinajstić information content (AvgIpc) is 2.96. The molecule has 108 valence electrons. The van der Waals surface area contributed by atoms with Crippen LogP contribution >= 0.6 is 24.8 Å². The van der Waals surface area contributed by atoms with Crippen molar-refractivity contribution >= 4 is 32.4 Å². The summed E-state index contributed by atoms with van der Waals surface area (Å²) in [5, 5.41) is 0. The zero-order chi connectivity index (χ0) is 12.9. The van der Waals surface area contributed by atoms with E-state index < -0.39 is 0 Å². The Morgan fingerprint density at radius 3 is 0.947 bits per heavy atom. The molecular weight excluding hydrogens is 311 g/mol. The maximum Gasteiger partial charge on any atom is -0.147 e. The summed E-state index contributed by atoms with van der Waals surface area (Å²) in [4.78, 5) is 0. The van der Waals surface area contributed by atoms with Crippen molar-refractivity contribution < 1.29 is 18.2 Å². The normalized spacial score (nSPS) is 6.95. The van der Waals surface area contributed by atoms with Crippen LogP contribution in [0.4, 0.5) is 0 Å². The molecule has 0 atom stereocenters. The predicted octanol–water partition coefficient (Wildman–Crippen LogP) is 5.15. The molecule has 2 rings (SSSR count). The van der Waals surface area contributed by atoms with Crippen molar-refractivity contribution in [1.82, 2.24) is 0 Å². The van der Waals surface area contributed by atoms with Crippen LogP contribution in [0.5, 0.6) is 0 Å². The van der Waals surface area contributed by atoms with Crippen LogP contribution in [0.2, 0.25) is 0 Å². The molecule has 0 bridgehead atoms. The Kier molecular flexibility index (Phi) is 22.2. The molecule has 0 N–H and O–H groups in total. The Balaban J connectivity index is -0.000000194. The van der Waals surface area contributed by atoms with Gasteiger partial charge in [-0.05, 0) is 0 Å². The molecule has 0 saturated heterocycles. The Morgan fingerprint density at radius 1 is 0.632 bits per heavy atom. The smallest absolute Gasteiger partial charge is 0.147 e. The molecule has 2 aromatic carbocycles. The van der Waals surface area contributed by atoms with Crippen LogP contribution in [-0.2, 0) is 18.2 Å². The van der Waals surface area contributed by atoms with Crippen molar-refractivity contribution in [3.63, 3.8) is 0 Å². The monoisotopic (exact) mass is 334 g/mol. The maximum atomic E-state index is 2.22. The fourth-order valence-corrected chi connectivity index (χ4v) is 2.70. The molecule has 0 spiro atoms. The minimum atomic E-state index is 0. The molecule has 0 amide bonds. The van der Waals surface area contributed by atoms with Crippen molar-refractivity contribution in [3.8, 4) is 0 Å². The molecule has 0 aliphatic heterocycles. The second kappa shape index (κ2) is 17.7. The molecule has 2 aromatic rings. The van der Waals surface area contributed by atoms with E-state index in [2.05, 4.69) is 27.7 Å². The van der Waals surface area contributed by atoms with E-state index in [4.69, 9.17) is 0 Å². The SMILES string of the molecule is C[C](C)=[Ti]=[C](C)C.Cl.Cl.c1cc[cH-]c1.c1cc[cH-]c1. The van der Waals surface area contributed by atoms with E-state index in [1.54, 1.807) is 7.62 Å². The number of rotatable bonds is 0. The molecule has 0 saturated carbocycles. The molecule has 0 nitrogen and oxygen atoms in total. The quantitative estimate of drug-likeness (QED) is 0.461. The maximum absolute atomic E-state index is 2.22. The van der Waals surface area contributed by atoms with Gasteiger partial charge in [0.1, 0.15) is 0 Å². The summed E-state index contributed by atoms with van der Waals surface area (Å²) >= 11 is 0.222. The number of hydrogen-bond donors (Lipinski definition) is 0. The van der Waals surface area contributed by atoms with E-state index in [1.807, 2.05) is 60.7 Å². The number of hydrogen-bond acceptors (Lipinski definition) is 0. The molecule has 0 aliphatic carbocycles. The first-order valence-corrected chi connectivity index (χ1v) is 7.39. The van der Waals surface area contributed by atoms with Crippen molar-refractivity contribution in [2.24, 2.45) is 0 Å². The third kappa shape index (κ3) is 23.3. The van der Waals surface area contributed by atoms with Crippen LogP contribution in [0.15, 0.2) is 60.7 Å². The number of halogens is 2. The van der Waals surface area contributed by atoms with Crippen LogP contribution in [0.3, 0.4) is 0 Å². The van der Waals surface area contributed by atoms with Gasteiger partial charge in [-0.3, -0.25) is 0 Å². The summed E-state index contributed by atoms with van der Waals surface area (Å²) in [6.07, 6.45) is 0. The van der Waals surface area contributed by atoms with Gasteiger partial charge in [-0.25, -0.2) is 24.3 Å². The molecular formula is C16H24Cl2Ti-2. The largest absolute Gasteiger partial charge is 0.214 e. The van der Waals surface area contributed by atoms with E-state index >= 15 is 0 Å². The third-order valence-electron chi connectivity index (χ3n) is 1.61. The van der Waals surface area contributed by atoms with E-state index in [9.17, 15) is 0 Å². The van der Waals surface area contributed by atoms with Crippen LogP contribution in [0, 0.1) is 0 Å². The molecule has 0 aliphatic rings. The van der Waals surface area contributed by atoms with Gasteiger partial charge in [0.25, 0.3) is 0 Å². The molecule has 0 heterocycles. The van der Waals surface area contributed by atoms with E-state index in [1.165, 1.54) is 0 Å². The first-order chi connectivity index (χ1) is 8.13. The predicted molar refractivity (Wildman–Crippen MR) is 91.3 cm³/mol. The fourth-order valence-electron chi connectivity index (χ4n) is 1.14. The second-order valence-corrected chi connectivity index (χ2v) is 7.56. The second-order valence-electron chi connectivity index (χ2n) is 4.05. The Labute approximate surface area is 138 Å². The van der Waals surface area contributed by atoms with Gasteiger partial charge in [-0.2, -0.15) is 36.4 Å². The van der Waals surface area contributed by atoms with Gasteiger partial charge < -0.3 is 0 Å². The van der Waals surface area contributed by atoms with Crippen LogP contribution in [-0.4, -0.2) is 7.62 Å². The third-order valence-corrected chi connectivity index (χ3v) is 3.17. The van der Waals surface area contributed by atoms with Gasteiger partial charge in [-0.15, -0.1) is 24.8 Å². The fraction of sp³-hybridized carbons (Fsp3) is 0.250. The van der Waals surface area contributed by atoms with Crippen LogP contribution < -0.4 is 0 Å². The topological polar surface area (TPSA) is 0 Å². The summed E-state index contributed by atoms with van der Waals surface area (Å²) in [6.45, 7) is 8.86. The zero-order valence-electron chi connectivity index (χ0n) is 12.1. The van der Waals surface area contributed by atoms with Crippen LogP contribution in [0.25, 0.3) is 0 Å². The zero-order valence-corrected chi connectivity index (χ0v) is 15.3. The molecule has 0 radical (unpaired) electrons. The van der Waals surface area contributed by atoms with Gasteiger partial charge in [-0.1, -0.05) is 0 Å². The Bertz CT molecular complexity index is 327. The minimum Gasteiger partial charge on any atom is -0.214 e. The van der Waals surface area contributed by atoms with E-state index in [0.717, 1.165) is 0 Å². The first-order valence-electron chi connectivity index (χ1n) is 5.83. The summed E-state index contributed by atoms with van der Waals surface area (Å²) in [5.41, 5.74) is 0. The van der Waals surface area contributed by atoms with E-state index in [-0.39, 0.29) is 43.0 Å². The van der Waals surface area contributed by atoms with Crippen molar-refractivity contribution in [2.75, 3.05) is 0 Å². The summed E-state index contributed by atoms with van der Waals surface area (Å²) < 4.78 is 3.25. The summed E-state index contributed by atoms with van der Waals surface area (Å²) in [5.74, 6) is 0. The van der Waals surface area contributed by atoms with Crippen LogP contribution in [0.1, 0.15) is 27.7 Å². The Morgan fingerprint density at radius 2 is 0.895 bits per heavy atom. The van der Waals surface area contributed by atoms with Crippen molar-refractivity contribution in [1.29, 1.82) is 0 Å². The van der Waals surface area contributed by atoms with Crippen molar-refractivity contribution in [2.45, 2.75) is 27.7 Å². The van der Waals surface area contributed by atoms with Gasteiger partial charge in [0.05, 0.1) is 0 Å². The Hall–Kier alpha value is -0.266. The van der Waals surface area contributed by atoms with Gasteiger partial charge in [0.15, 0.2) is 0 Å². The minimum absolute atomic E-state index is 0. The summed E-state index contributed by atoms with van der Waals surface area (Å²) in [6, 6.07) is 20.0. The van der Waals surface area contributed by atoms with Gasteiger partial charge >= 0.3 is 53.5 Å². The molecule has 19 heavy (non-hydrogen) atoms. The van der Waals surface area contributed by atoms with Crippen molar-refractivity contribution in [3.05, 3.63) is 60.7 Å². The molecule has 0 aromatic heterocycles. The average molecular weight is 335 g/mol. The van der Waals surface area contributed by atoms with Gasteiger partial charge in [0.2, 0.25) is 0 Å². The molecule has 0 unspecified atom stereocenters. The van der Waals surface area contributed by atoms with Gasteiger partial charge in [0, 0.05) is 0 Å².